The second-order valence-corrected chi connectivity index (χ2v) is 13.7. The van der Waals surface area contributed by atoms with Crippen molar-refractivity contribution in [2.24, 2.45) is 5.92 Å². The molecule has 4 fully saturated rings. The Morgan fingerprint density at radius 1 is 0.846 bits per heavy atom. The van der Waals surface area contributed by atoms with Crippen LogP contribution in [0.15, 0.2) is 103 Å². The molecule has 1 N–H and O–H groups in total. The van der Waals surface area contributed by atoms with Gasteiger partial charge in [0.1, 0.15) is 24.2 Å². The Bertz CT molecular complexity index is 1770. The molecule has 0 radical (unpaired) electrons. The maximum absolute atomic E-state index is 13.8. The highest BCUT2D eigenvalue weighted by molar-refractivity contribution is 5.94. The summed E-state index contributed by atoms with van der Waals surface area (Å²) in [6.07, 6.45) is 1.95. The molecule has 0 aromatic heterocycles. The first-order valence-corrected chi connectivity index (χ1v) is 18.2. The number of piperidine rings is 3. The predicted octanol–water partition coefficient (Wildman–Crippen LogP) is 6.59. The van der Waals surface area contributed by atoms with Crippen LogP contribution in [0.4, 0.5) is 4.79 Å². The number of nitrogens with one attached hydrogen (secondary N) is 1. The number of ether oxygens (including phenoxy) is 5. The zero-order chi connectivity index (χ0) is 35.7. The number of nitrogens with zero attached hydrogens (tertiary/aromatic N) is 2. The summed E-state index contributed by atoms with van der Waals surface area (Å²) < 4.78 is 28.9. The van der Waals surface area contributed by atoms with Gasteiger partial charge >= 0.3 is 6.09 Å². The molecule has 0 aliphatic carbocycles. The minimum atomic E-state index is -0.407. The van der Waals surface area contributed by atoms with Gasteiger partial charge in [-0.05, 0) is 90.5 Å². The molecule has 8 rings (SSSR count). The van der Waals surface area contributed by atoms with Gasteiger partial charge in [0, 0.05) is 31.6 Å². The van der Waals surface area contributed by atoms with E-state index >= 15 is 0 Å². The average Bonchev–Trinajstić information content (AvgIpc) is 3.73. The van der Waals surface area contributed by atoms with E-state index in [0.29, 0.717) is 56.6 Å². The molecule has 0 spiro atoms. The van der Waals surface area contributed by atoms with Crippen LogP contribution in [0, 0.1) is 5.92 Å². The van der Waals surface area contributed by atoms with Gasteiger partial charge in [-0.2, -0.15) is 0 Å². The van der Waals surface area contributed by atoms with Gasteiger partial charge in [-0.25, -0.2) is 4.79 Å². The standard InChI is InChI=1S/C42H47N3O7/c1-48-36-11-5-7-31(25-36)27-45(22-19-39-49-23-24-50-39)41(46)34-15-13-30(14-16-34)29-51-37-12-6-10-35(26-37)40(33-8-3-2-4-9-33)43-42(47)52-38-28-44-20-17-32(38)18-21-44/h2-16,25-26,32,38-40H,17-24,27-29H2,1H3,(H,43,47)/t38-,40-/m0/s1. The minimum Gasteiger partial charge on any atom is -0.497 e. The highest BCUT2D eigenvalue weighted by atomic mass is 16.7. The fraction of sp³-hybridized carbons (Fsp3) is 0.381. The third-order valence-electron chi connectivity index (χ3n) is 10.2. The monoisotopic (exact) mass is 705 g/mol. The van der Waals surface area contributed by atoms with Crippen LogP contribution in [0.2, 0.25) is 0 Å². The number of methoxy groups -OCH3 is 1. The zero-order valence-electron chi connectivity index (χ0n) is 29.7. The lowest BCUT2D eigenvalue weighted by Gasteiger charge is -2.43. The third kappa shape index (κ3) is 9.11. The highest BCUT2D eigenvalue weighted by Crippen LogP contribution is 2.31. The molecule has 10 heteroatoms. The van der Waals surface area contributed by atoms with Crippen molar-refractivity contribution >= 4 is 12.0 Å². The van der Waals surface area contributed by atoms with Crippen molar-refractivity contribution in [3.8, 4) is 11.5 Å². The lowest BCUT2D eigenvalue weighted by Crippen LogP contribution is -2.52. The number of carbonyl (C=O) groups excluding carboxylic acids is 2. The van der Waals surface area contributed by atoms with Crippen molar-refractivity contribution in [3.63, 3.8) is 0 Å². The summed E-state index contributed by atoms with van der Waals surface area (Å²) >= 11 is 0. The number of hydrogen-bond donors (Lipinski definition) is 1. The molecule has 52 heavy (non-hydrogen) atoms. The average molecular weight is 706 g/mol. The number of alkyl carbamates (subject to hydrolysis) is 1. The van der Waals surface area contributed by atoms with Gasteiger partial charge in [0.05, 0.1) is 26.4 Å². The normalized spacial score (nSPS) is 20.2. The molecule has 0 saturated carbocycles. The van der Waals surface area contributed by atoms with E-state index in [4.69, 9.17) is 23.7 Å². The third-order valence-corrected chi connectivity index (χ3v) is 10.2. The van der Waals surface area contributed by atoms with Crippen LogP contribution < -0.4 is 14.8 Å². The SMILES string of the molecule is COc1cccc(CN(CCC2OCCO2)C(=O)c2ccc(COc3cccc([C@@H](NC(=O)O[C@H]4CN5CCC4CC5)c4ccccc4)c3)cc2)c1. The Morgan fingerprint density at radius 3 is 2.31 bits per heavy atom. The molecule has 4 aromatic carbocycles. The number of fused-ring (bicyclic) bond motifs is 3. The fourth-order valence-corrected chi connectivity index (χ4v) is 7.29. The van der Waals surface area contributed by atoms with Gasteiger partial charge < -0.3 is 33.9 Å². The van der Waals surface area contributed by atoms with Crippen molar-refractivity contribution in [1.82, 2.24) is 15.1 Å². The molecule has 4 heterocycles. The van der Waals surface area contributed by atoms with Crippen LogP contribution in [-0.4, -0.2) is 80.7 Å². The molecule has 2 bridgehead atoms. The first kappa shape index (κ1) is 35.5. The van der Waals surface area contributed by atoms with Gasteiger partial charge in [0.15, 0.2) is 6.29 Å². The van der Waals surface area contributed by atoms with E-state index in [-0.39, 0.29) is 18.3 Å². The van der Waals surface area contributed by atoms with Crippen LogP contribution in [-0.2, 0) is 27.4 Å². The van der Waals surface area contributed by atoms with Crippen molar-refractivity contribution in [3.05, 3.63) is 131 Å². The van der Waals surface area contributed by atoms with Crippen LogP contribution in [0.25, 0.3) is 0 Å². The lowest BCUT2D eigenvalue weighted by molar-refractivity contribution is -0.0505. The van der Waals surface area contributed by atoms with Crippen LogP contribution in [0.5, 0.6) is 11.5 Å². The summed E-state index contributed by atoms with van der Waals surface area (Å²) in [7, 11) is 1.63. The quantitative estimate of drug-likeness (QED) is 0.157. The number of carbonyl (C=O) groups is 2. The first-order chi connectivity index (χ1) is 25.5. The van der Waals surface area contributed by atoms with Crippen LogP contribution in [0.1, 0.15) is 57.9 Å². The van der Waals surface area contributed by atoms with E-state index in [1.165, 1.54) is 0 Å². The first-order valence-electron chi connectivity index (χ1n) is 18.2. The van der Waals surface area contributed by atoms with E-state index in [1.807, 2.05) is 108 Å². The molecular formula is C42H47N3O7. The fourth-order valence-electron chi connectivity index (χ4n) is 7.29. The van der Waals surface area contributed by atoms with E-state index in [1.54, 1.807) is 7.11 Å². The number of hydrogen-bond acceptors (Lipinski definition) is 8. The van der Waals surface area contributed by atoms with Gasteiger partial charge in [-0.3, -0.25) is 9.69 Å². The smallest absolute Gasteiger partial charge is 0.408 e. The van der Waals surface area contributed by atoms with E-state index in [0.717, 1.165) is 60.5 Å². The Hall–Kier alpha value is -4.90. The van der Waals surface area contributed by atoms with Crippen molar-refractivity contribution in [1.29, 1.82) is 0 Å². The maximum atomic E-state index is 13.8. The molecule has 272 valence electrons. The Morgan fingerprint density at radius 2 is 1.58 bits per heavy atom. The molecule has 4 aromatic rings. The van der Waals surface area contributed by atoms with Crippen LogP contribution in [0.3, 0.4) is 0 Å². The predicted molar refractivity (Wildman–Crippen MR) is 196 cm³/mol. The molecule has 4 aliphatic rings. The Balaban J connectivity index is 0.994. The van der Waals surface area contributed by atoms with E-state index in [2.05, 4.69) is 10.2 Å². The second-order valence-electron chi connectivity index (χ2n) is 13.7. The number of rotatable bonds is 14. The maximum Gasteiger partial charge on any atom is 0.408 e. The molecule has 10 nitrogen and oxygen atoms in total. The highest BCUT2D eigenvalue weighted by Gasteiger charge is 2.37. The minimum absolute atomic E-state index is 0.0764. The number of benzene rings is 4. The second kappa shape index (κ2) is 17.1. The Kier molecular flexibility index (Phi) is 11.7. The summed E-state index contributed by atoms with van der Waals surface area (Å²) in [5, 5.41) is 3.14. The molecule has 0 unspecified atom stereocenters. The zero-order valence-corrected chi connectivity index (χ0v) is 29.7. The molecule has 2 atom stereocenters. The summed E-state index contributed by atoms with van der Waals surface area (Å²) in [6, 6.07) is 32.6. The largest absolute Gasteiger partial charge is 0.497 e. The van der Waals surface area contributed by atoms with Crippen molar-refractivity contribution in [2.75, 3.05) is 46.5 Å². The molecule has 2 amide bonds. The van der Waals surface area contributed by atoms with Gasteiger partial charge in [-0.15, -0.1) is 0 Å². The summed E-state index contributed by atoms with van der Waals surface area (Å²) in [4.78, 5) is 31.2. The molecule has 4 saturated heterocycles. The van der Waals surface area contributed by atoms with Gasteiger partial charge in [0.2, 0.25) is 0 Å². The summed E-state index contributed by atoms with van der Waals surface area (Å²) in [5.41, 5.74) is 4.33. The molecule has 4 aliphatic heterocycles. The van der Waals surface area contributed by atoms with Gasteiger partial charge in [-0.1, -0.05) is 66.7 Å². The van der Waals surface area contributed by atoms with Crippen LogP contribution >= 0.6 is 0 Å². The molecular weight excluding hydrogens is 658 g/mol. The van der Waals surface area contributed by atoms with Crippen molar-refractivity contribution in [2.45, 2.75) is 50.8 Å². The van der Waals surface area contributed by atoms with E-state index in [9.17, 15) is 9.59 Å². The van der Waals surface area contributed by atoms with E-state index < -0.39 is 12.1 Å². The number of amides is 2. The topological polar surface area (TPSA) is 98.8 Å². The Labute approximate surface area is 305 Å². The summed E-state index contributed by atoms with van der Waals surface area (Å²) in [5.74, 6) is 1.77. The van der Waals surface area contributed by atoms with Crippen molar-refractivity contribution < 1.29 is 33.3 Å². The lowest BCUT2D eigenvalue weighted by atomic mass is 9.86. The van der Waals surface area contributed by atoms with Gasteiger partial charge in [0.25, 0.3) is 5.91 Å². The summed E-state index contributed by atoms with van der Waals surface area (Å²) in [6.45, 7) is 5.35.